The maximum absolute atomic E-state index is 12.2. The molecule has 1 aliphatic heterocycles. The lowest BCUT2D eigenvalue weighted by molar-refractivity contribution is -0.118. The molecule has 1 amide bonds. The molecular weight excluding hydrogens is 410 g/mol. The summed E-state index contributed by atoms with van der Waals surface area (Å²) in [5, 5.41) is 13.0. The number of benzene rings is 1. The van der Waals surface area contributed by atoms with Crippen molar-refractivity contribution >= 4 is 35.2 Å². The maximum Gasteiger partial charge on any atom is 0.232 e. The van der Waals surface area contributed by atoms with Crippen LogP contribution < -0.4 is 10.2 Å². The summed E-state index contributed by atoms with van der Waals surface area (Å²) >= 11 is 7.82. The molecule has 1 aliphatic rings. The van der Waals surface area contributed by atoms with Crippen molar-refractivity contribution in [3.05, 3.63) is 29.3 Å². The summed E-state index contributed by atoms with van der Waals surface area (Å²) in [6.07, 6.45) is 3.28. The summed E-state index contributed by atoms with van der Waals surface area (Å²) in [5.41, 5.74) is 0.829. The van der Waals surface area contributed by atoms with Gasteiger partial charge >= 0.3 is 0 Å². The first-order valence-corrected chi connectivity index (χ1v) is 11.4. The predicted molar refractivity (Wildman–Crippen MR) is 117 cm³/mol. The number of nitrogens with zero attached hydrogens (tertiary/aromatic N) is 4. The largest absolute Gasteiger partial charge is 0.379 e. The van der Waals surface area contributed by atoms with Crippen LogP contribution in [0.5, 0.6) is 0 Å². The number of amides is 1. The van der Waals surface area contributed by atoms with Crippen molar-refractivity contribution in [3.8, 4) is 5.69 Å². The normalized spacial score (nSPS) is 14.0. The van der Waals surface area contributed by atoms with Crippen molar-refractivity contribution in [3.63, 3.8) is 0 Å². The number of thioether (sulfide) groups is 1. The van der Waals surface area contributed by atoms with Crippen LogP contribution in [0.4, 0.5) is 5.95 Å². The number of para-hydroxylation sites is 1. The predicted octanol–water partition coefficient (Wildman–Crippen LogP) is 3.54. The van der Waals surface area contributed by atoms with E-state index in [1.165, 1.54) is 11.8 Å². The van der Waals surface area contributed by atoms with E-state index in [0.29, 0.717) is 23.3 Å². The Morgan fingerprint density at radius 3 is 2.76 bits per heavy atom. The SMILES string of the molecule is CC(C)OCCCNC(=O)CSc1nnc(N2CCCC2)n1-c1ccccc1Cl. The molecule has 29 heavy (non-hydrogen) atoms. The molecule has 2 heterocycles. The molecule has 0 spiro atoms. The van der Waals surface area contributed by atoms with Crippen LogP contribution in [-0.2, 0) is 9.53 Å². The lowest BCUT2D eigenvalue weighted by Gasteiger charge is -2.19. The topological polar surface area (TPSA) is 72.3 Å². The highest BCUT2D eigenvalue weighted by atomic mass is 35.5. The van der Waals surface area contributed by atoms with E-state index in [-0.39, 0.29) is 17.8 Å². The molecular formula is C20H28ClN5O2S. The zero-order valence-electron chi connectivity index (χ0n) is 16.9. The standard InChI is InChI=1S/C20H28ClN5O2S/c1-15(2)28-13-7-10-22-18(27)14-29-20-24-23-19(25-11-5-6-12-25)26(20)17-9-4-3-8-16(17)21/h3-4,8-9,15H,5-7,10-14H2,1-2H3,(H,22,27). The first-order chi connectivity index (χ1) is 14.1. The van der Waals surface area contributed by atoms with Crippen LogP contribution in [-0.4, -0.2) is 58.8 Å². The third-order valence-corrected chi connectivity index (χ3v) is 5.77. The molecule has 0 aliphatic carbocycles. The highest BCUT2D eigenvalue weighted by Crippen LogP contribution is 2.31. The van der Waals surface area contributed by atoms with E-state index in [2.05, 4.69) is 20.4 Å². The Kier molecular flexibility index (Phi) is 8.20. The summed E-state index contributed by atoms with van der Waals surface area (Å²) in [7, 11) is 0. The Hall–Kier alpha value is -1.77. The third-order valence-electron chi connectivity index (χ3n) is 4.53. The number of aromatic nitrogens is 3. The van der Waals surface area contributed by atoms with Crippen molar-refractivity contribution < 1.29 is 9.53 Å². The number of hydrogen-bond acceptors (Lipinski definition) is 6. The van der Waals surface area contributed by atoms with E-state index in [1.807, 2.05) is 42.7 Å². The zero-order chi connectivity index (χ0) is 20.6. The van der Waals surface area contributed by atoms with Crippen LogP contribution >= 0.6 is 23.4 Å². The van der Waals surface area contributed by atoms with Gasteiger partial charge in [0, 0.05) is 26.2 Å². The summed E-state index contributed by atoms with van der Waals surface area (Å²) in [5.74, 6) is 1.02. The minimum atomic E-state index is -0.0315. The van der Waals surface area contributed by atoms with Crippen LogP contribution in [0.15, 0.2) is 29.4 Å². The molecule has 0 unspecified atom stereocenters. The van der Waals surface area contributed by atoms with Gasteiger partial charge in [0.05, 0.1) is 22.6 Å². The van der Waals surface area contributed by atoms with Crippen molar-refractivity contribution in [2.45, 2.75) is 44.4 Å². The first kappa shape index (κ1) is 21.9. The molecule has 7 nitrogen and oxygen atoms in total. The third kappa shape index (κ3) is 6.10. The van der Waals surface area contributed by atoms with Gasteiger partial charge in [-0.15, -0.1) is 10.2 Å². The first-order valence-electron chi connectivity index (χ1n) is 10.0. The van der Waals surface area contributed by atoms with Crippen LogP contribution in [0.3, 0.4) is 0 Å². The lowest BCUT2D eigenvalue weighted by Crippen LogP contribution is -2.27. The average molecular weight is 438 g/mol. The minimum Gasteiger partial charge on any atom is -0.379 e. The van der Waals surface area contributed by atoms with Gasteiger partial charge in [-0.25, -0.2) is 0 Å². The Morgan fingerprint density at radius 2 is 2.03 bits per heavy atom. The number of nitrogens with one attached hydrogen (secondary N) is 1. The van der Waals surface area contributed by atoms with E-state index in [0.717, 1.165) is 44.0 Å². The Bertz CT molecular complexity index is 808. The van der Waals surface area contributed by atoms with Crippen LogP contribution in [0.1, 0.15) is 33.1 Å². The number of anilines is 1. The maximum atomic E-state index is 12.2. The molecule has 1 fully saturated rings. The quantitative estimate of drug-likeness (QED) is 0.452. The molecule has 1 N–H and O–H groups in total. The van der Waals surface area contributed by atoms with Gasteiger partial charge in [-0.3, -0.25) is 9.36 Å². The van der Waals surface area contributed by atoms with Gasteiger partial charge in [0.25, 0.3) is 0 Å². The van der Waals surface area contributed by atoms with E-state index in [9.17, 15) is 4.79 Å². The molecule has 0 bridgehead atoms. The fourth-order valence-electron chi connectivity index (χ4n) is 3.12. The lowest BCUT2D eigenvalue weighted by atomic mass is 10.3. The van der Waals surface area contributed by atoms with E-state index < -0.39 is 0 Å². The molecule has 3 rings (SSSR count). The smallest absolute Gasteiger partial charge is 0.232 e. The monoisotopic (exact) mass is 437 g/mol. The minimum absolute atomic E-state index is 0.0315. The van der Waals surface area contributed by atoms with Gasteiger partial charge in [-0.05, 0) is 45.2 Å². The number of carbonyl (C=O) groups is 1. The molecule has 0 atom stereocenters. The Morgan fingerprint density at radius 1 is 1.28 bits per heavy atom. The van der Waals surface area contributed by atoms with E-state index in [4.69, 9.17) is 16.3 Å². The average Bonchev–Trinajstić information content (AvgIpc) is 3.36. The van der Waals surface area contributed by atoms with Gasteiger partial charge in [0.15, 0.2) is 5.16 Å². The van der Waals surface area contributed by atoms with Gasteiger partial charge in [-0.1, -0.05) is 35.5 Å². The van der Waals surface area contributed by atoms with Gasteiger partial charge in [0.1, 0.15) is 0 Å². The summed E-state index contributed by atoms with van der Waals surface area (Å²) in [6.45, 7) is 7.15. The molecule has 1 saturated heterocycles. The van der Waals surface area contributed by atoms with E-state index >= 15 is 0 Å². The second kappa shape index (κ2) is 10.8. The molecule has 9 heteroatoms. The molecule has 1 aromatic carbocycles. The zero-order valence-corrected chi connectivity index (χ0v) is 18.5. The molecule has 158 valence electrons. The Labute approximate surface area is 181 Å². The van der Waals surface area contributed by atoms with Crippen molar-refractivity contribution in [2.75, 3.05) is 36.9 Å². The highest BCUT2D eigenvalue weighted by molar-refractivity contribution is 7.99. The fraction of sp³-hybridized carbons (Fsp3) is 0.550. The van der Waals surface area contributed by atoms with E-state index in [1.54, 1.807) is 0 Å². The summed E-state index contributed by atoms with van der Waals surface area (Å²) < 4.78 is 7.45. The number of rotatable bonds is 10. The number of hydrogen-bond donors (Lipinski definition) is 1. The van der Waals surface area contributed by atoms with Crippen LogP contribution in [0.2, 0.25) is 5.02 Å². The molecule has 2 aromatic rings. The highest BCUT2D eigenvalue weighted by Gasteiger charge is 2.23. The second-order valence-corrected chi connectivity index (χ2v) is 8.52. The van der Waals surface area contributed by atoms with Gasteiger partial charge < -0.3 is 15.0 Å². The molecule has 0 saturated carbocycles. The van der Waals surface area contributed by atoms with Gasteiger partial charge in [-0.2, -0.15) is 0 Å². The van der Waals surface area contributed by atoms with Crippen molar-refractivity contribution in [1.29, 1.82) is 0 Å². The van der Waals surface area contributed by atoms with Gasteiger partial charge in [0.2, 0.25) is 11.9 Å². The molecule has 0 radical (unpaired) electrons. The number of carbonyl (C=O) groups excluding carboxylic acids is 1. The Balaban J connectivity index is 1.65. The van der Waals surface area contributed by atoms with Crippen molar-refractivity contribution in [1.82, 2.24) is 20.1 Å². The van der Waals surface area contributed by atoms with Crippen LogP contribution in [0, 0.1) is 0 Å². The number of ether oxygens (including phenoxy) is 1. The summed E-state index contributed by atoms with van der Waals surface area (Å²) in [4.78, 5) is 14.4. The van der Waals surface area contributed by atoms with Crippen molar-refractivity contribution in [2.24, 2.45) is 0 Å². The second-order valence-electron chi connectivity index (χ2n) is 7.18. The van der Waals surface area contributed by atoms with Crippen LogP contribution in [0.25, 0.3) is 5.69 Å². The summed E-state index contributed by atoms with van der Waals surface area (Å²) in [6, 6.07) is 7.64. The molecule has 1 aromatic heterocycles. The number of halogens is 1. The fourth-order valence-corrected chi connectivity index (χ4v) is 4.11.